The number of nitrogens with one attached hydrogen (secondary N) is 1. The normalized spacial score (nSPS) is 21.5. The van der Waals surface area contributed by atoms with Crippen LogP contribution >= 0.6 is 23.2 Å². The summed E-state index contributed by atoms with van der Waals surface area (Å²) in [4.78, 5) is 2.25. The minimum absolute atomic E-state index is 0.151. The summed E-state index contributed by atoms with van der Waals surface area (Å²) in [7, 11) is -0.404. The number of nitrogens with zero attached hydrogens (tertiary/aromatic N) is 3. The Morgan fingerprint density at radius 3 is 2.14 bits per heavy atom. The lowest BCUT2D eigenvalue weighted by Crippen LogP contribution is -2.59. The molecule has 1 saturated heterocycles. The van der Waals surface area contributed by atoms with Gasteiger partial charge in [-0.05, 0) is 60.7 Å². The van der Waals surface area contributed by atoms with Crippen molar-refractivity contribution < 1.29 is 32.0 Å². The number of aliphatic hydroxyl groups is 1. The van der Waals surface area contributed by atoms with Crippen LogP contribution in [0, 0.1) is 0 Å². The first-order valence-electron chi connectivity index (χ1n) is 13.0. The zero-order valence-electron chi connectivity index (χ0n) is 22.6. The molecule has 14 heteroatoms. The molecule has 0 spiro atoms. The molecule has 2 heterocycles. The lowest BCUT2D eigenvalue weighted by Gasteiger charge is -2.43. The van der Waals surface area contributed by atoms with Crippen molar-refractivity contribution >= 4 is 54.9 Å². The molecule has 2 N–H and O–H groups in total. The molecule has 0 aliphatic carbocycles. The van der Waals surface area contributed by atoms with E-state index in [-0.39, 0.29) is 4.90 Å². The van der Waals surface area contributed by atoms with Gasteiger partial charge < -0.3 is 19.1 Å². The smallest absolute Gasteiger partial charge is 0.406 e. The number of ether oxygens (including phenoxy) is 2. The molecule has 3 aromatic carbocycles. The van der Waals surface area contributed by atoms with Crippen LogP contribution in [0.2, 0.25) is 10.0 Å². The predicted molar refractivity (Wildman–Crippen MR) is 158 cm³/mol. The number of alkyl halides is 3. The summed E-state index contributed by atoms with van der Waals surface area (Å²) in [6.07, 6.45) is -5.89. The number of piperidine rings is 1. The van der Waals surface area contributed by atoms with Crippen LogP contribution in [0.5, 0.6) is 5.75 Å². The highest BCUT2D eigenvalue weighted by Crippen LogP contribution is 2.38. The monoisotopic (exact) mass is 644 g/mol. The average Bonchev–Trinajstić information content (AvgIpc) is 3.25. The first kappa shape index (κ1) is 30.9. The third kappa shape index (κ3) is 6.35. The first-order chi connectivity index (χ1) is 19.9. The minimum Gasteiger partial charge on any atom is -0.406 e. The molecule has 0 saturated carbocycles. The standard InChI is InChI=1S/C28H29Cl2F3N4O4S/c1-34-42(39,20-7-5-19(6-8-20)41-28(31,32)33)35-23-15-36(11-12-40-2)16-26(27(23)38)37-24-9-3-17(29)13-21(24)22-14-18(30)4-10-25(22)37/h3-10,13-14,23,26-27,38H,11-12,15-16H2,1-2H3,(H,34,35,39). The van der Waals surface area contributed by atoms with Crippen molar-refractivity contribution in [3.8, 4) is 5.75 Å². The second kappa shape index (κ2) is 12.2. The van der Waals surface area contributed by atoms with E-state index in [1.165, 1.54) is 19.2 Å². The van der Waals surface area contributed by atoms with Gasteiger partial charge in [-0.1, -0.05) is 23.2 Å². The van der Waals surface area contributed by atoms with Crippen LogP contribution in [0.4, 0.5) is 13.2 Å². The minimum atomic E-state index is -4.85. The van der Waals surface area contributed by atoms with Crippen molar-refractivity contribution in [3.05, 3.63) is 70.7 Å². The van der Waals surface area contributed by atoms with Crippen LogP contribution in [0.1, 0.15) is 6.04 Å². The Kier molecular flexibility index (Phi) is 8.96. The van der Waals surface area contributed by atoms with Crippen LogP contribution < -0.4 is 9.46 Å². The summed E-state index contributed by atoms with van der Waals surface area (Å²) >= 11 is 12.7. The zero-order valence-corrected chi connectivity index (χ0v) is 25.0. The third-order valence-electron chi connectivity index (χ3n) is 7.32. The van der Waals surface area contributed by atoms with Gasteiger partial charge in [-0.3, -0.25) is 4.90 Å². The highest BCUT2D eigenvalue weighted by molar-refractivity contribution is 7.91. The topological polar surface area (TPSA) is 88.3 Å². The number of fused-ring (bicyclic) bond motifs is 3. The van der Waals surface area contributed by atoms with Crippen molar-refractivity contribution in [2.24, 2.45) is 4.36 Å². The van der Waals surface area contributed by atoms with Crippen LogP contribution in [0.3, 0.4) is 0 Å². The van der Waals surface area contributed by atoms with Crippen LogP contribution in [0.25, 0.3) is 21.8 Å². The van der Waals surface area contributed by atoms with E-state index in [1.807, 2.05) is 28.8 Å². The number of benzene rings is 3. The average molecular weight is 646 g/mol. The van der Waals surface area contributed by atoms with E-state index in [0.29, 0.717) is 36.3 Å². The van der Waals surface area contributed by atoms with E-state index in [1.54, 1.807) is 19.2 Å². The maximum atomic E-state index is 14.0. The van der Waals surface area contributed by atoms with Gasteiger partial charge in [0.1, 0.15) is 15.7 Å². The SMILES string of the molecule is CN=S(=O)(NC1CN(CCOC)CC(n2c3ccc(Cl)cc3c3cc(Cl)ccc32)C1O)c1ccc(OC(F)(F)F)cc1. The van der Waals surface area contributed by atoms with Gasteiger partial charge in [-0.15, -0.1) is 13.2 Å². The van der Waals surface area contributed by atoms with Crippen LogP contribution in [-0.4, -0.2) is 77.7 Å². The third-order valence-corrected chi connectivity index (χ3v) is 9.84. The molecular weight excluding hydrogens is 616 g/mol. The number of aliphatic hydroxyl groups excluding tert-OH is 1. The molecule has 0 bridgehead atoms. The Balaban J connectivity index is 1.54. The Bertz CT molecular complexity index is 1650. The fourth-order valence-electron chi connectivity index (χ4n) is 5.46. The second-order valence-corrected chi connectivity index (χ2v) is 13.0. The van der Waals surface area contributed by atoms with Crippen molar-refractivity contribution in [3.63, 3.8) is 0 Å². The molecule has 42 heavy (non-hydrogen) atoms. The molecule has 4 unspecified atom stereocenters. The van der Waals surface area contributed by atoms with E-state index in [0.717, 1.165) is 33.9 Å². The number of methoxy groups -OCH3 is 1. The number of hydrogen-bond acceptors (Lipinski definition) is 6. The van der Waals surface area contributed by atoms with E-state index >= 15 is 0 Å². The second-order valence-electron chi connectivity index (χ2n) is 9.96. The van der Waals surface area contributed by atoms with Gasteiger partial charge >= 0.3 is 6.36 Å². The Morgan fingerprint density at radius 2 is 1.62 bits per heavy atom. The summed E-state index contributed by atoms with van der Waals surface area (Å²) in [6.45, 7) is 1.75. The Morgan fingerprint density at radius 1 is 1.02 bits per heavy atom. The predicted octanol–water partition coefficient (Wildman–Crippen LogP) is 5.89. The largest absolute Gasteiger partial charge is 0.573 e. The van der Waals surface area contributed by atoms with E-state index in [2.05, 4.69) is 18.7 Å². The molecule has 5 rings (SSSR count). The lowest BCUT2D eigenvalue weighted by molar-refractivity contribution is -0.274. The fraction of sp³-hybridized carbons (Fsp3) is 0.357. The highest BCUT2D eigenvalue weighted by Gasteiger charge is 2.40. The molecule has 0 radical (unpaired) electrons. The number of hydrogen-bond donors (Lipinski definition) is 2. The number of halogens is 5. The number of aromatic nitrogens is 1. The molecule has 226 valence electrons. The van der Waals surface area contributed by atoms with Gasteiger partial charge in [-0.25, -0.2) is 13.3 Å². The summed E-state index contributed by atoms with van der Waals surface area (Å²) < 4.78 is 70.4. The Hall–Kier alpha value is -2.58. The zero-order chi connectivity index (χ0) is 30.2. The highest BCUT2D eigenvalue weighted by atomic mass is 35.5. The molecule has 4 atom stereocenters. The first-order valence-corrected chi connectivity index (χ1v) is 15.3. The van der Waals surface area contributed by atoms with Crippen molar-refractivity contribution in [1.29, 1.82) is 0 Å². The van der Waals surface area contributed by atoms with Crippen molar-refractivity contribution in [2.75, 3.05) is 40.4 Å². The van der Waals surface area contributed by atoms with Gasteiger partial charge in [0.15, 0.2) is 0 Å². The van der Waals surface area contributed by atoms with Crippen molar-refractivity contribution in [2.45, 2.75) is 29.4 Å². The Labute approximate surface area is 251 Å². The number of likely N-dealkylation sites (tertiary alicyclic amines) is 1. The van der Waals surface area contributed by atoms with Crippen LogP contribution in [0.15, 0.2) is 69.9 Å². The molecule has 1 aliphatic rings. The van der Waals surface area contributed by atoms with Crippen LogP contribution in [-0.2, 0) is 14.7 Å². The lowest BCUT2D eigenvalue weighted by atomic mass is 9.97. The molecular formula is C28H29Cl2F3N4O4S. The van der Waals surface area contributed by atoms with Gasteiger partial charge in [0, 0.05) is 65.6 Å². The van der Waals surface area contributed by atoms with Gasteiger partial charge in [-0.2, -0.15) is 0 Å². The summed E-state index contributed by atoms with van der Waals surface area (Å²) in [5, 5.41) is 14.7. The maximum absolute atomic E-state index is 14.0. The van der Waals surface area contributed by atoms with Crippen molar-refractivity contribution in [1.82, 2.24) is 14.2 Å². The number of rotatable bonds is 8. The maximum Gasteiger partial charge on any atom is 0.573 e. The molecule has 1 aromatic heterocycles. The van der Waals surface area contributed by atoms with Gasteiger partial charge in [0.2, 0.25) is 0 Å². The summed E-state index contributed by atoms with van der Waals surface area (Å²) in [5.41, 5.74) is 1.68. The quantitative estimate of drug-likeness (QED) is 0.250. The molecule has 0 amide bonds. The van der Waals surface area contributed by atoms with E-state index in [4.69, 9.17) is 27.9 Å². The van der Waals surface area contributed by atoms with E-state index < -0.39 is 40.2 Å². The molecule has 4 aromatic rings. The fourth-order valence-corrected chi connectivity index (χ4v) is 7.38. The van der Waals surface area contributed by atoms with Gasteiger partial charge in [0.25, 0.3) is 0 Å². The molecule has 1 fully saturated rings. The summed E-state index contributed by atoms with van der Waals surface area (Å²) in [5.74, 6) is -0.445. The van der Waals surface area contributed by atoms with Gasteiger partial charge in [0.05, 0.1) is 29.7 Å². The summed E-state index contributed by atoms with van der Waals surface area (Å²) in [6, 6.07) is 14.5. The molecule has 8 nitrogen and oxygen atoms in total. The van der Waals surface area contributed by atoms with E-state index in [9.17, 15) is 22.5 Å². The molecule has 1 aliphatic heterocycles.